The van der Waals surface area contributed by atoms with E-state index in [2.05, 4.69) is 15.6 Å². The van der Waals surface area contributed by atoms with E-state index in [1.54, 1.807) is 7.05 Å². The van der Waals surface area contributed by atoms with Crippen molar-refractivity contribution in [1.29, 1.82) is 0 Å². The first-order chi connectivity index (χ1) is 12.9. The summed E-state index contributed by atoms with van der Waals surface area (Å²) in [4.78, 5) is 4.24. The van der Waals surface area contributed by atoms with Gasteiger partial charge in [0.1, 0.15) is 5.82 Å². The maximum Gasteiger partial charge on any atom is 0.191 e. The first-order valence-corrected chi connectivity index (χ1v) is 11.8. The lowest BCUT2D eigenvalue weighted by molar-refractivity contribution is 0.375. The zero-order valence-electron chi connectivity index (χ0n) is 16.4. The van der Waals surface area contributed by atoms with E-state index in [0.29, 0.717) is 29.5 Å². The van der Waals surface area contributed by atoms with Gasteiger partial charge >= 0.3 is 0 Å². The molecule has 0 radical (unpaired) electrons. The molecule has 0 saturated heterocycles. The molecule has 0 bridgehead atoms. The molecule has 0 atom stereocenters. The molecular formula is C20H32FN3O2S. The van der Waals surface area contributed by atoms with E-state index in [-0.39, 0.29) is 11.6 Å². The van der Waals surface area contributed by atoms with Crippen molar-refractivity contribution in [3.05, 3.63) is 35.1 Å². The summed E-state index contributed by atoms with van der Waals surface area (Å²) in [5.41, 5.74) is 1.25. The number of rotatable bonds is 6. The van der Waals surface area contributed by atoms with Crippen LogP contribution in [0.25, 0.3) is 0 Å². The van der Waals surface area contributed by atoms with E-state index < -0.39 is 9.84 Å². The zero-order valence-corrected chi connectivity index (χ0v) is 17.2. The van der Waals surface area contributed by atoms with Gasteiger partial charge in [-0.2, -0.15) is 0 Å². The van der Waals surface area contributed by atoms with Crippen LogP contribution in [0.4, 0.5) is 4.39 Å². The molecule has 0 spiro atoms. The second-order valence-corrected chi connectivity index (χ2v) is 9.64. The van der Waals surface area contributed by atoms with Gasteiger partial charge in [0.05, 0.1) is 5.75 Å². The fourth-order valence-electron chi connectivity index (χ4n) is 3.57. The lowest BCUT2D eigenvalue weighted by Crippen LogP contribution is -2.39. The van der Waals surface area contributed by atoms with Crippen molar-refractivity contribution >= 4 is 15.8 Å². The number of halogens is 1. The Labute approximate surface area is 162 Å². The predicted molar refractivity (Wildman–Crippen MR) is 109 cm³/mol. The molecule has 1 aliphatic carbocycles. The van der Waals surface area contributed by atoms with Crippen molar-refractivity contribution in [1.82, 2.24) is 10.6 Å². The SMILES string of the molecule is CN=C(NCc1cc(F)ccc1CS(C)(=O)=O)NCC1CCCCCCC1. The first-order valence-electron chi connectivity index (χ1n) is 9.77. The molecule has 1 aliphatic rings. The quantitative estimate of drug-likeness (QED) is 0.570. The maximum absolute atomic E-state index is 13.6. The minimum Gasteiger partial charge on any atom is -0.356 e. The predicted octanol–water partition coefficient (Wildman–Crippen LogP) is 3.40. The molecule has 0 unspecified atom stereocenters. The lowest BCUT2D eigenvalue weighted by Gasteiger charge is -2.21. The lowest BCUT2D eigenvalue weighted by atomic mass is 9.91. The molecule has 1 saturated carbocycles. The Hall–Kier alpha value is -1.63. The number of nitrogens with one attached hydrogen (secondary N) is 2. The van der Waals surface area contributed by atoms with Gasteiger partial charge in [0, 0.05) is 26.4 Å². The van der Waals surface area contributed by atoms with Gasteiger partial charge in [-0.3, -0.25) is 4.99 Å². The van der Waals surface area contributed by atoms with Crippen molar-refractivity contribution in [3.63, 3.8) is 0 Å². The van der Waals surface area contributed by atoms with Gasteiger partial charge in [0.2, 0.25) is 0 Å². The van der Waals surface area contributed by atoms with Gasteiger partial charge in [0.15, 0.2) is 15.8 Å². The zero-order chi connectivity index (χ0) is 19.7. The van der Waals surface area contributed by atoms with Crippen LogP contribution in [-0.2, 0) is 22.1 Å². The third kappa shape index (κ3) is 8.28. The first kappa shape index (κ1) is 21.7. The highest BCUT2D eigenvalue weighted by molar-refractivity contribution is 7.89. The number of aliphatic imine (C=N–C) groups is 1. The smallest absolute Gasteiger partial charge is 0.191 e. The van der Waals surface area contributed by atoms with Crippen LogP contribution in [0, 0.1) is 11.7 Å². The number of benzene rings is 1. The Bertz CT molecular complexity index is 727. The summed E-state index contributed by atoms with van der Waals surface area (Å²) < 4.78 is 36.8. The summed E-state index contributed by atoms with van der Waals surface area (Å²) in [5, 5.41) is 6.55. The molecule has 152 valence electrons. The Morgan fingerprint density at radius 1 is 1.11 bits per heavy atom. The van der Waals surface area contributed by atoms with E-state index in [0.717, 1.165) is 6.54 Å². The number of guanidine groups is 1. The van der Waals surface area contributed by atoms with E-state index in [4.69, 9.17) is 0 Å². The average Bonchev–Trinajstić information content (AvgIpc) is 2.57. The van der Waals surface area contributed by atoms with E-state index in [1.807, 2.05) is 0 Å². The molecule has 7 heteroatoms. The number of sulfone groups is 1. The van der Waals surface area contributed by atoms with E-state index in [1.165, 1.54) is 69.4 Å². The fraction of sp³-hybridized carbons (Fsp3) is 0.650. The number of nitrogens with zero attached hydrogens (tertiary/aromatic N) is 1. The molecule has 2 rings (SSSR count). The minimum absolute atomic E-state index is 0.0988. The second-order valence-electron chi connectivity index (χ2n) is 7.50. The summed E-state index contributed by atoms with van der Waals surface area (Å²) in [7, 11) is -1.48. The summed E-state index contributed by atoms with van der Waals surface area (Å²) in [5.74, 6) is 0.838. The van der Waals surface area contributed by atoms with Crippen LogP contribution in [0.2, 0.25) is 0 Å². The van der Waals surface area contributed by atoms with Crippen LogP contribution >= 0.6 is 0 Å². The van der Waals surface area contributed by atoms with Gasteiger partial charge in [-0.25, -0.2) is 12.8 Å². The van der Waals surface area contributed by atoms with Crippen molar-refractivity contribution in [2.75, 3.05) is 19.8 Å². The molecule has 1 fully saturated rings. The van der Waals surface area contributed by atoms with E-state index >= 15 is 0 Å². The van der Waals surface area contributed by atoms with Crippen molar-refractivity contribution < 1.29 is 12.8 Å². The van der Waals surface area contributed by atoms with Crippen molar-refractivity contribution in [3.8, 4) is 0 Å². The Morgan fingerprint density at radius 3 is 2.41 bits per heavy atom. The number of hydrogen-bond donors (Lipinski definition) is 2. The standard InChI is InChI=1S/C20H32FN3O2S/c1-22-20(23-13-16-8-6-4-3-5-7-9-16)24-14-18-12-19(21)11-10-17(18)15-27(2,25)26/h10-12,16H,3-9,13-15H2,1-2H3,(H2,22,23,24). The Kier molecular flexibility index (Phi) is 8.54. The number of hydrogen-bond acceptors (Lipinski definition) is 3. The third-order valence-electron chi connectivity index (χ3n) is 5.04. The fourth-order valence-corrected chi connectivity index (χ4v) is 4.41. The summed E-state index contributed by atoms with van der Waals surface area (Å²) >= 11 is 0. The molecule has 0 aliphatic heterocycles. The largest absolute Gasteiger partial charge is 0.356 e. The topological polar surface area (TPSA) is 70.6 Å². The average molecular weight is 398 g/mol. The third-order valence-corrected chi connectivity index (χ3v) is 5.87. The highest BCUT2D eigenvalue weighted by Gasteiger charge is 2.13. The minimum atomic E-state index is -3.18. The van der Waals surface area contributed by atoms with Crippen LogP contribution in [-0.4, -0.2) is 34.2 Å². The van der Waals surface area contributed by atoms with Crippen LogP contribution in [0.3, 0.4) is 0 Å². The Balaban J connectivity index is 1.92. The van der Waals surface area contributed by atoms with Gasteiger partial charge in [-0.05, 0) is 42.0 Å². The van der Waals surface area contributed by atoms with Crippen molar-refractivity contribution in [2.24, 2.45) is 10.9 Å². The van der Waals surface area contributed by atoms with Gasteiger partial charge in [-0.15, -0.1) is 0 Å². The van der Waals surface area contributed by atoms with Crippen LogP contribution < -0.4 is 10.6 Å². The summed E-state index contributed by atoms with van der Waals surface area (Å²) in [6.45, 7) is 1.20. The van der Waals surface area contributed by atoms with Crippen LogP contribution in [0.15, 0.2) is 23.2 Å². The van der Waals surface area contributed by atoms with Gasteiger partial charge in [0.25, 0.3) is 0 Å². The molecule has 2 N–H and O–H groups in total. The van der Waals surface area contributed by atoms with Crippen LogP contribution in [0.5, 0.6) is 0 Å². The van der Waals surface area contributed by atoms with Crippen LogP contribution in [0.1, 0.15) is 56.1 Å². The van der Waals surface area contributed by atoms with Crippen molar-refractivity contribution in [2.45, 2.75) is 57.2 Å². The van der Waals surface area contributed by atoms with E-state index in [9.17, 15) is 12.8 Å². The highest BCUT2D eigenvalue weighted by atomic mass is 32.2. The molecule has 27 heavy (non-hydrogen) atoms. The molecular weight excluding hydrogens is 365 g/mol. The molecule has 0 heterocycles. The maximum atomic E-state index is 13.6. The molecule has 1 aromatic carbocycles. The highest BCUT2D eigenvalue weighted by Crippen LogP contribution is 2.21. The van der Waals surface area contributed by atoms with Gasteiger partial charge < -0.3 is 10.6 Å². The Morgan fingerprint density at radius 2 is 1.78 bits per heavy atom. The summed E-state index contributed by atoms with van der Waals surface area (Å²) in [6, 6.07) is 4.22. The summed E-state index contributed by atoms with van der Waals surface area (Å²) in [6.07, 6.45) is 10.3. The monoisotopic (exact) mass is 397 g/mol. The molecule has 5 nitrogen and oxygen atoms in total. The molecule has 1 aromatic rings. The molecule has 0 aromatic heterocycles. The van der Waals surface area contributed by atoms with Gasteiger partial charge in [-0.1, -0.05) is 38.2 Å². The molecule has 0 amide bonds. The normalized spacial score (nSPS) is 17.2. The second kappa shape index (κ2) is 10.6.